The monoisotopic (exact) mass is 392 g/mol. The number of hydrogen-bond acceptors (Lipinski definition) is 1. The predicted molar refractivity (Wildman–Crippen MR) is 102 cm³/mol. The van der Waals surface area contributed by atoms with E-state index in [9.17, 15) is 17.6 Å². The Morgan fingerprint density at radius 1 is 0.893 bits per heavy atom. The van der Waals surface area contributed by atoms with Gasteiger partial charge in [-0.2, -0.15) is 4.39 Å². The summed E-state index contributed by atoms with van der Waals surface area (Å²) in [6, 6.07) is 5.17. The van der Waals surface area contributed by atoms with Gasteiger partial charge in [0.05, 0.1) is 6.26 Å². The maximum atomic E-state index is 14.8. The molecule has 1 nitrogen and oxygen atoms in total. The summed E-state index contributed by atoms with van der Waals surface area (Å²) in [5.74, 6) is -4.42. The zero-order valence-corrected chi connectivity index (χ0v) is 15.9. The molecule has 0 N–H and O–H groups in total. The van der Waals surface area contributed by atoms with E-state index in [0.29, 0.717) is 11.5 Å². The van der Waals surface area contributed by atoms with Gasteiger partial charge in [-0.15, -0.1) is 0 Å². The second-order valence-corrected chi connectivity index (χ2v) is 7.36. The minimum Gasteiger partial charge on any atom is -0.462 e. The van der Waals surface area contributed by atoms with E-state index >= 15 is 0 Å². The fraction of sp³-hybridized carbons (Fsp3) is 0.391. The summed E-state index contributed by atoms with van der Waals surface area (Å²) < 4.78 is 62.7. The van der Waals surface area contributed by atoms with Crippen molar-refractivity contribution in [1.29, 1.82) is 0 Å². The Hall–Kier alpha value is -2.30. The molecule has 0 heterocycles. The minimum absolute atomic E-state index is 0.0402. The van der Waals surface area contributed by atoms with Crippen molar-refractivity contribution in [2.24, 2.45) is 5.92 Å². The molecule has 0 aliphatic heterocycles. The lowest BCUT2D eigenvalue weighted by atomic mass is 9.77. The van der Waals surface area contributed by atoms with Crippen molar-refractivity contribution in [2.75, 3.05) is 0 Å². The molecule has 1 fully saturated rings. The Balaban J connectivity index is 1.89. The number of rotatable bonds is 6. The molecule has 2 aromatic rings. The van der Waals surface area contributed by atoms with E-state index in [-0.39, 0.29) is 22.8 Å². The largest absolute Gasteiger partial charge is 0.462 e. The second kappa shape index (κ2) is 8.80. The van der Waals surface area contributed by atoms with E-state index in [4.69, 9.17) is 4.74 Å². The maximum Gasteiger partial charge on any atom is 0.201 e. The van der Waals surface area contributed by atoms with Crippen LogP contribution in [0.1, 0.15) is 56.9 Å². The molecule has 3 rings (SSSR count). The first-order valence-electron chi connectivity index (χ1n) is 9.71. The molecule has 0 unspecified atom stereocenters. The summed E-state index contributed by atoms with van der Waals surface area (Å²) in [5.41, 5.74) is -0.324. The van der Waals surface area contributed by atoms with Crippen molar-refractivity contribution in [3.63, 3.8) is 0 Å². The lowest BCUT2D eigenvalue weighted by molar-refractivity contribution is 0.303. The third-order valence-corrected chi connectivity index (χ3v) is 5.64. The second-order valence-electron chi connectivity index (χ2n) is 7.36. The lowest BCUT2D eigenvalue weighted by Crippen LogP contribution is -2.15. The summed E-state index contributed by atoms with van der Waals surface area (Å²) in [6.45, 7) is 5.43. The highest BCUT2D eigenvalue weighted by Gasteiger charge is 2.27. The summed E-state index contributed by atoms with van der Waals surface area (Å²) >= 11 is 0. The van der Waals surface area contributed by atoms with E-state index in [1.54, 1.807) is 0 Å². The molecule has 1 saturated carbocycles. The first kappa shape index (κ1) is 20.4. The molecule has 0 aromatic heterocycles. The zero-order valence-electron chi connectivity index (χ0n) is 15.9. The van der Waals surface area contributed by atoms with Crippen LogP contribution in [0.25, 0.3) is 11.1 Å². The third-order valence-electron chi connectivity index (χ3n) is 5.64. The van der Waals surface area contributed by atoms with Crippen LogP contribution in [-0.2, 0) is 0 Å². The third kappa shape index (κ3) is 3.94. The molecule has 5 heteroatoms. The molecule has 0 bridgehead atoms. The maximum absolute atomic E-state index is 14.8. The van der Waals surface area contributed by atoms with Gasteiger partial charge in [0, 0.05) is 11.1 Å². The molecular weight excluding hydrogens is 368 g/mol. The Kier molecular flexibility index (Phi) is 6.42. The van der Waals surface area contributed by atoms with Gasteiger partial charge in [-0.1, -0.05) is 38.5 Å². The van der Waals surface area contributed by atoms with Crippen LogP contribution in [0.2, 0.25) is 0 Å². The Labute approximate surface area is 163 Å². The van der Waals surface area contributed by atoms with Crippen LogP contribution >= 0.6 is 0 Å². The smallest absolute Gasteiger partial charge is 0.201 e. The average Bonchev–Trinajstić information content (AvgIpc) is 2.69. The highest BCUT2D eigenvalue weighted by molar-refractivity contribution is 5.66. The van der Waals surface area contributed by atoms with Gasteiger partial charge >= 0.3 is 0 Å². The number of hydrogen-bond donors (Lipinski definition) is 0. The summed E-state index contributed by atoms with van der Waals surface area (Å²) in [4.78, 5) is 0. The first-order chi connectivity index (χ1) is 13.5. The van der Waals surface area contributed by atoms with Crippen LogP contribution in [0.3, 0.4) is 0 Å². The van der Waals surface area contributed by atoms with E-state index < -0.39 is 23.3 Å². The molecule has 0 radical (unpaired) electrons. The average molecular weight is 392 g/mol. The molecule has 0 atom stereocenters. The van der Waals surface area contributed by atoms with Crippen LogP contribution in [0.5, 0.6) is 5.75 Å². The van der Waals surface area contributed by atoms with Crippen LogP contribution in [0, 0.1) is 29.2 Å². The van der Waals surface area contributed by atoms with Crippen LogP contribution in [0.4, 0.5) is 17.6 Å². The van der Waals surface area contributed by atoms with Crippen LogP contribution in [-0.4, -0.2) is 0 Å². The van der Waals surface area contributed by atoms with Gasteiger partial charge in [0.1, 0.15) is 0 Å². The fourth-order valence-corrected chi connectivity index (χ4v) is 4.18. The van der Waals surface area contributed by atoms with E-state index in [1.165, 1.54) is 24.6 Å². The first-order valence-corrected chi connectivity index (χ1v) is 9.71. The van der Waals surface area contributed by atoms with Crippen molar-refractivity contribution in [3.05, 3.63) is 65.9 Å². The molecule has 150 valence electrons. The standard InChI is InChI=1S/C23H24F4O/c1-3-5-14-6-8-15(9-7-14)16-10-11-17(21(25)20(16)24)18-12-13-19(28-4-2)23(27)22(18)26/h4,10-15H,2-3,5-9H2,1H3. The SMILES string of the molecule is C=COc1ccc(-c2ccc(C3CCC(CCC)CC3)c(F)c2F)c(F)c1F. The molecule has 28 heavy (non-hydrogen) atoms. The van der Waals surface area contributed by atoms with Crippen molar-refractivity contribution < 1.29 is 22.3 Å². The number of ether oxygens (including phenoxy) is 1. The summed E-state index contributed by atoms with van der Waals surface area (Å²) in [6.07, 6.45) is 6.90. The number of halogens is 4. The molecule has 2 aromatic carbocycles. The van der Waals surface area contributed by atoms with Crippen molar-refractivity contribution in [3.8, 4) is 16.9 Å². The Morgan fingerprint density at radius 2 is 1.50 bits per heavy atom. The van der Waals surface area contributed by atoms with Crippen molar-refractivity contribution in [1.82, 2.24) is 0 Å². The Morgan fingerprint density at radius 3 is 2.11 bits per heavy atom. The normalized spacial score (nSPS) is 19.5. The van der Waals surface area contributed by atoms with Crippen molar-refractivity contribution in [2.45, 2.75) is 51.4 Å². The zero-order chi connectivity index (χ0) is 20.3. The molecule has 0 spiro atoms. The number of benzene rings is 2. The quantitative estimate of drug-likeness (QED) is 0.365. The topological polar surface area (TPSA) is 9.23 Å². The predicted octanol–water partition coefficient (Wildman–Crippen LogP) is 7.51. The van der Waals surface area contributed by atoms with Gasteiger partial charge < -0.3 is 4.74 Å². The van der Waals surface area contributed by atoms with Crippen LogP contribution < -0.4 is 4.74 Å². The van der Waals surface area contributed by atoms with Gasteiger partial charge in [0.15, 0.2) is 23.2 Å². The Bertz CT molecular complexity index is 854. The van der Waals surface area contributed by atoms with Gasteiger partial charge in [0.25, 0.3) is 0 Å². The minimum atomic E-state index is -1.29. The highest BCUT2D eigenvalue weighted by atomic mass is 19.2. The van der Waals surface area contributed by atoms with E-state index in [0.717, 1.165) is 44.4 Å². The van der Waals surface area contributed by atoms with E-state index in [1.807, 2.05) is 0 Å². The van der Waals surface area contributed by atoms with Crippen molar-refractivity contribution >= 4 is 0 Å². The van der Waals surface area contributed by atoms with Gasteiger partial charge in [-0.3, -0.25) is 0 Å². The lowest BCUT2D eigenvalue weighted by Gasteiger charge is -2.29. The van der Waals surface area contributed by atoms with Gasteiger partial charge in [0.2, 0.25) is 5.82 Å². The molecule has 1 aliphatic carbocycles. The fourth-order valence-electron chi connectivity index (χ4n) is 4.18. The van der Waals surface area contributed by atoms with Gasteiger partial charge in [-0.25, -0.2) is 13.2 Å². The summed E-state index contributed by atoms with van der Waals surface area (Å²) in [5, 5.41) is 0. The summed E-state index contributed by atoms with van der Waals surface area (Å²) in [7, 11) is 0. The van der Waals surface area contributed by atoms with Crippen LogP contribution in [0.15, 0.2) is 37.1 Å². The molecule has 1 aliphatic rings. The van der Waals surface area contributed by atoms with Gasteiger partial charge in [-0.05, 0) is 55.2 Å². The molecule has 0 saturated heterocycles. The highest BCUT2D eigenvalue weighted by Crippen LogP contribution is 2.40. The molecule has 0 amide bonds. The van der Waals surface area contributed by atoms with E-state index in [2.05, 4.69) is 13.5 Å². The molecular formula is C23H24F4O.